The van der Waals surface area contributed by atoms with Crippen LogP contribution < -0.4 is 10.2 Å². The number of anilines is 2. The van der Waals surface area contributed by atoms with Gasteiger partial charge in [-0.1, -0.05) is 30.3 Å². The van der Waals surface area contributed by atoms with Crippen LogP contribution in [-0.4, -0.2) is 21.2 Å². The van der Waals surface area contributed by atoms with Gasteiger partial charge >= 0.3 is 0 Å². The topological polar surface area (TPSA) is 24.5 Å². The highest BCUT2D eigenvalue weighted by Gasteiger charge is 2.36. The highest BCUT2D eigenvalue weighted by Crippen LogP contribution is 2.41. The number of benzene rings is 2. The summed E-state index contributed by atoms with van der Waals surface area (Å²) >= 11 is 0. The molecule has 3 nitrogen and oxygen atoms in total. The fraction of sp³-hybridized carbons (Fsp3) is 0.300. The maximum atomic E-state index is 6.02. The third-order valence-electron chi connectivity index (χ3n) is 4.67. The van der Waals surface area contributed by atoms with E-state index in [0.717, 1.165) is 16.9 Å². The second-order valence-corrected chi connectivity index (χ2v) is 6.28. The quantitative estimate of drug-likeness (QED) is 0.914. The van der Waals surface area contributed by atoms with Crippen LogP contribution in [0.25, 0.3) is 6.08 Å². The summed E-state index contributed by atoms with van der Waals surface area (Å²) in [5.41, 5.74) is 6.43. The Morgan fingerprint density at radius 3 is 2.48 bits per heavy atom. The minimum Gasteiger partial charge on any atom is -0.377 e. The van der Waals surface area contributed by atoms with Crippen LogP contribution in [-0.2, 0) is 10.5 Å². The lowest BCUT2D eigenvalue weighted by Gasteiger charge is -2.39. The number of fused-ring (bicyclic) bond motifs is 1. The second kappa shape index (κ2) is 5.74. The molecule has 0 aliphatic carbocycles. The van der Waals surface area contributed by atoms with E-state index in [4.69, 9.17) is 4.74 Å². The molecule has 1 N–H and O–H groups in total. The number of nitrogens with zero attached hydrogens (tertiary/aromatic N) is 1. The largest absolute Gasteiger partial charge is 0.377 e. The molecular formula is C20H24N2O. The molecule has 0 aromatic heterocycles. The van der Waals surface area contributed by atoms with Crippen molar-refractivity contribution in [1.82, 2.24) is 0 Å². The fourth-order valence-electron chi connectivity index (χ4n) is 3.22. The van der Waals surface area contributed by atoms with E-state index >= 15 is 0 Å². The van der Waals surface area contributed by atoms with Crippen molar-refractivity contribution in [2.45, 2.75) is 19.6 Å². The molecule has 0 spiro atoms. The van der Waals surface area contributed by atoms with Crippen molar-refractivity contribution in [3.8, 4) is 0 Å². The SMILES string of the molecule is COC1(c2c(N(C)C)ccc(C)c2C)C=Cc2ccccc2N1. The number of para-hydroxylation sites is 1. The van der Waals surface area contributed by atoms with Gasteiger partial charge in [-0.3, -0.25) is 0 Å². The van der Waals surface area contributed by atoms with Crippen molar-refractivity contribution < 1.29 is 4.74 Å². The van der Waals surface area contributed by atoms with Crippen molar-refractivity contribution in [2.75, 3.05) is 31.4 Å². The zero-order chi connectivity index (χ0) is 16.6. The van der Waals surface area contributed by atoms with E-state index in [2.05, 4.69) is 74.6 Å². The van der Waals surface area contributed by atoms with Gasteiger partial charge in [-0.25, -0.2) is 0 Å². The van der Waals surface area contributed by atoms with E-state index in [0.29, 0.717) is 0 Å². The van der Waals surface area contributed by atoms with Crippen molar-refractivity contribution in [1.29, 1.82) is 0 Å². The van der Waals surface area contributed by atoms with Crippen molar-refractivity contribution >= 4 is 17.5 Å². The second-order valence-electron chi connectivity index (χ2n) is 6.28. The van der Waals surface area contributed by atoms with Crippen LogP contribution in [0.1, 0.15) is 22.3 Å². The lowest BCUT2D eigenvalue weighted by molar-refractivity contribution is 0.0544. The smallest absolute Gasteiger partial charge is 0.186 e. The van der Waals surface area contributed by atoms with Gasteiger partial charge in [-0.15, -0.1) is 0 Å². The molecule has 0 amide bonds. The summed E-state index contributed by atoms with van der Waals surface area (Å²) in [6.07, 6.45) is 4.25. The Morgan fingerprint density at radius 1 is 1.04 bits per heavy atom. The lowest BCUT2D eigenvalue weighted by Crippen LogP contribution is -2.39. The summed E-state index contributed by atoms with van der Waals surface area (Å²) in [7, 11) is 5.89. The number of methoxy groups -OCH3 is 1. The molecule has 0 saturated heterocycles. The van der Waals surface area contributed by atoms with Gasteiger partial charge < -0.3 is 15.0 Å². The number of nitrogens with one attached hydrogen (secondary N) is 1. The molecule has 1 aliphatic heterocycles. The molecule has 120 valence electrons. The average molecular weight is 308 g/mol. The first-order valence-electron chi connectivity index (χ1n) is 7.88. The maximum absolute atomic E-state index is 6.02. The first-order valence-corrected chi connectivity index (χ1v) is 7.88. The first-order chi connectivity index (χ1) is 11.0. The summed E-state index contributed by atoms with van der Waals surface area (Å²) in [6, 6.07) is 12.6. The molecule has 1 heterocycles. The van der Waals surface area contributed by atoms with E-state index in [1.165, 1.54) is 16.7 Å². The lowest BCUT2D eigenvalue weighted by atomic mass is 9.89. The van der Waals surface area contributed by atoms with Crippen LogP contribution >= 0.6 is 0 Å². The van der Waals surface area contributed by atoms with E-state index in [9.17, 15) is 0 Å². The molecule has 0 saturated carbocycles. The minimum absolute atomic E-state index is 0.663. The molecule has 3 heteroatoms. The molecule has 0 bridgehead atoms. The molecule has 2 aromatic rings. The van der Waals surface area contributed by atoms with Gasteiger partial charge in [0.1, 0.15) is 0 Å². The number of rotatable bonds is 3. The zero-order valence-electron chi connectivity index (χ0n) is 14.5. The van der Waals surface area contributed by atoms with Gasteiger partial charge in [0.05, 0.1) is 0 Å². The highest BCUT2D eigenvalue weighted by atomic mass is 16.5. The minimum atomic E-state index is -0.663. The van der Waals surface area contributed by atoms with Crippen molar-refractivity contribution in [2.24, 2.45) is 0 Å². The Hall–Kier alpha value is -2.26. The van der Waals surface area contributed by atoms with Gasteiger partial charge in [-0.2, -0.15) is 0 Å². The van der Waals surface area contributed by atoms with Crippen molar-refractivity contribution in [3.63, 3.8) is 0 Å². The van der Waals surface area contributed by atoms with Crippen LogP contribution in [0.15, 0.2) is 42.5 Å². The Kier molecular flexibility index (Phi) is 3.90. The summed E-state index contributed by atoms with van der Waals surface area (Å²) in [4.78, 5) is 2.14. The van der Waals surface area contributed by atoms with Gasteiger partial charge in [0.15, 0.2) is 5.72 Å². The third kappa shape index (κ3) is 2.51. The number of aryl methyl sites for hydroxylation is 1. The Balaban J connectivity index is 2.22. The fourth-order valence-corrected chi connectivity index (χ4v) is 3.22. The van der Waals surface area contributed by atoms with Crippen LogP contribution in [0, 0.1) is 13.8 Å². The van der Waals surface area contributed by atoms with Crippen LogP contribution in [0.2, 0.25) is 0 Å². The average Bonchev–Trinajstić information content (AvgIpc) is 2.56. The predicted octanol–water partition coefficient (Wildman–Crippen LogP) is 4.31. The molecule has 1 atom stereocenters. The van der Waals surface area contributed by atoms with Crippen LogP contribution in [0.3, 0.4) is 0 Å². The molecule has 1 unspecified atom stereocenters. The Morgan fingerprint density at radius 2 is 1.78 bits per heavy atom. The normalized spacial score (nSPS) is 19.2. The number of hydrogen-bond acceptors (Lipinski definition) is 3. The molecule has 0 radical (unpaired) electrons. The van der Waals surface area contributed by atoms with Gasteiger partial charge in [0, 0.05) is 38.1 Å². The van der Waals surface area contributed by atoms with E-state index in [-0.39, 0.29) is 0 Å². The molecule has 23 heavy (non-hydrogen) atoms. The molecular weight excluding hydrogens is 284 g/mol. The summed E-state index contributed by atoms with van der Waals surface area (Å²) < 4.78 is 6.02. The van der Waals surface area contributed by atoms with E-state index in [1.54, 1.807) is 7.11 Å². The Labute approximate surface area is 138 Å². The highest BCUT2D eigenvalue weighted by molar-refractivity contribution is 5.75. The Bertz CT molecular complexity index is 764. The van der Waals surface area contributed by atoms with Crippen molar-refractivity contribution in [3.05, 3.63) is 64.7 Å². The van der Waals surface area contributed by atoms with E-state index < -0.39 is 5.72 Å². The standard InChI is InChI=1S/C20H24N2O/c1-14-10-11-18(22(3)4)19(15(14)2)20(23-5)13-12-16-8-6-7-9-17(16)21-20/h6-13,21H,1-5H3. The predicted molar refractivity (Wildman–Crippen MR) is 98.0 cm³/mol. The maximum Gasteiger partial charge on any atom is 0.186 e. The summed E-state index contributed by atoms with van der Waals surface area (Å²) in [6.45, 7) is 4.30. The molecule has 1 aliphatic rings. The van der Waals surface area contributed by atoms with Gasteiger partial charge in [-0.05, 0) is 48.7 Å². The third-order valence-corrected chi connectivity index (χ3v) is 4.67. The molecule has 2 aromatic carbocycles. The molecule has 3 rings (SSSR count). The molecule has 0 fully saturated rings. The summed E-state index contributed by atoms with van der Waals surface area (Å²) in [5, 5.41) is 3.60. The number of hydrogen-bond donors (Lipinski definition) is 1. The van der Waals surface area contributed by atoms with E-state index in [1.807, 2.05) is 12.1 Å². The summed E-state index contributed by atoms with van der Waals surface area (Å²) in [5.74, 6) is 0. The van der Waals surface area contributed by atoms with Gasteiger partial charge in [0.2, 0.25) is 0 Å². The van der Waals surface area contributed by atoms with Crippen LogP contribution in [0.5, 0.6) is 0 Å². The zero-order valence-corrected chi connectivity index (χ0v) is 14.5. The van der Waals surface area contributed by atoms with Gasteiger partial charge in [0.25, 0.3) is 0 Å². The van der Waals surface area contributed by atoms with Crippen LogP contribution in [0.4, 0.5) is 11.4 Å². The monoisotopic (exact) mass is 308 g/mol. The number of ether oxygens (including phenoxy) is 1. The first kappa shape index (κ1) is 15.6.